The van der Waals surface area contributed by atoms with Crippen molar-refractivity contribution in [1.29, 1.82) is 0 Å². The fourth-order valence-corrected chi connectivity index (χ4v) is 3.20. The van der Waals surface area contributed by atoms with Crippen molar-refractivity contribution in [3.05, 3.63) is 70.6 Å². The number of fused-ring (bicyclic) bond motifs is 1. The van der Waals surface area contributed by atoms with E-state index in [0.29, 0.717) is 5.92 Å². The molecular weight excluding hydrogens is 248 g/mol. The van der Waals surface area contributed by atoms with E-state index in [0.717, 1.165) is 6.42 Å². The van der Waals surface area contributed by atoms with Crippen molar-refractivity contribution in [3.63, 3.8) is 0 Å². The Kier molecular flexibility index (Phi) is 3.39. The molecule has 3 aromatic rings. The molecule has 0 spiro atoms. The van der Waals surface area contributed by atoms with E-state index in [4.69, 9.17) is 0 Å². The van der Waals surface area contributed by atoms with Crippen molar-refractivity contribution >= 4 is 21.4 Å². The van der Waals surface area contributed by atoms with E-state index in [1.54, 1.807) is 11.3 Å². The molecular formula is C18H17S. The summed E-state index contributed by atoms with van der Waals surface area (Å²) in [6, 6.07) is 17.5. The molecule has 0 amide bonds. The van der Waals surface area contributed by atoms with Gasteiger partial charge in [0.15, 0.2) is 0 Å². The maximum atomic E-state index is 3.44. The van der Waals surface area contributed by atoms with Crippen LogP contribution >= 0.6 is 11.3 Å². The Balaban J connectivity index is 1.88. The number of thiophene rings is 1. The first kappa shape index (κ1) is 12.4. The summed E-state index contributed by atoms with van der Waals surface area (Å²) in [5.74, 6) is 0.600. The Bertz CT molecular complexity index is 674. The van der Waals surface area contributed by atoms with Crippen molar-refractivity contribution in [2.24, 2.45) is 0 Å². The van der Waals surface area contributed by atoms with Gasteiger partial charge in [-0.25, -0.2) is 0 Å². The van der Waals surface area contributed by atoms with Crippen molar-refractivity contribution in [3.8, 4) is 0 Å². The quantitative estimate of drug-likeness (QED) is 0.593. The average molecular weight is 265 g/mol. The lowest BCUT2D eigenvalue weighted by atomic mass is 9.99. The van der Waals surface area contributed by atoms with Gasteiger partial charge in [0.1, 0.15) is 0 Å². The van der Waals surface area contributed by atoms with Gasteiger partial charge in [-0.2, -0.15) is 0 Å². The van der Waals surface area contributed by atoms with Crippen molar-refractivity contribution < 1.29 is 0 Å². The second-order valence-corrected chi connectivity index (χ2v) is 6.10. The van der Waals surface area contributed by atoms with Crippen LogP contribution in [0.5, 0.6) is 0 Å². The fraction of sp³-hybridized carbons (Fsp3) is 0.222. The van der Waals surface area contributed by atoms with Gasteiger partial charge >= 0.3 is 0 Å². The molecule has 95 valence electrons. The molecule has 1 aromatic heterocycles. The van der Waals surface area contributed by atoms with Crippen LogP contribution in [0.1, 0.15) is 36.5 Å². The normalized spacial score (nSPS) is 11.3. The van der Waals surface area contributed by atoms with E-state index >= 15 is 0 Å². The van der Waals surface area contributed by atoms with Gasteiger partial charge in [0.2, 0.25) is 0 Å². The predicted octanol–water partition coefficient (Wildman–Crippen LogP) is 5.42. The second-order valence-electron chi connectivity index (χ2n) is 5.25. The third kappa shape index (κ3) is 2.57. The van der Waals surface area contributed by atoms with Gasteiger partial charge in [-0.05, 0) is 40.5 Å². The monoisotopic (exact) mass is 265 g/mol. The molecule has 2 aromatic carbocycles. The minimum atomic E-state index is 0.600. The van der Waals surface area contributed by atoms with Crippen LogP contribution in [-0.4, -0.2) is 0 Å². The standard InChI is InChI=1S/C18H17S/c1-13(2)15-9-7-14(8-10-15)11-16-12-19-18-6-4-3-5-17(16)18/h3-10,13H,11H2,1-2H3. The lowest BCUT2D eigenvalue weighted by Crippen LogP contribution is -1.90. The van der Waals surface area contributed by atoms with Crippen LogP contribution in [-0.2, 0) is 6.42 Å². The summed E-state index contributed by atoms with van der Waals surface area (Å²) < 4.78 is 1.33. The highest BCUT2D eigenvalue weighted by Crippen LogP contribution is 2.27. The lowest BCUT2D eigenvalue weighted by Gasteiger charge is -2.06. The molecule has 19 heavy (non-hydrogen) atoms. The number of benzene rings is 2. The first-order valence-electron chi connectivity index (χ1n) is 6.71. The van der Waals surface area contributed by atoms with Gasteiger partial charge in [0.25, 0.3) is 0 Å². The summed E-state index contributed by atoms with van der Waals surface area (Å²) in [6.07, 6.45) is 0.975. The summed E-state index contributed by atoms with van der Waals surface area (Å²) in [6.45, 7) is 4.46. The third-order valence-electron chi connectivity index (χ3n) is 3.52. The SMILES string of the molecule is CC(C)c1ccc(Cc2[c]sc3ccccc23)cc1. The largest absolute Gasteiger partial charge is 0.134 e. The summed E-state index contributed by atoms with van der Waals surface area (Å²) >= 11 is 1.72. The van der Waals surface area contributed by atoms with Crippen LogP contribution in [0.3, 0.4) is 0 Å². The van der Waals surface area contributed by atoms with Gasteiger partial charge in [0.05, 0.1) is 0 Å². The maximum absolute atomic E-state index is 3.44. The van der Waals surface area contributed by atoms with Crippen LogP contribution in [0, 0.1) is 5.38 Å². The van der Waals surface area contributed by atoms with Crippen LogP contribution in [0.15, 0.2) is 48.5 Å². The summed E-state index contributed by atoms with van der Waals surface area (Å²) in [5.41, 5.74) is 4.09. The van der Waals surface area contributed by atoms with E-state index < -0.39 is 0 Å². The topological polar surface area (TPSA) is 0 Å². The minimum absolute atomic E-state index is 0.600. The van der Waals surface area contributed by atoms with Crippen LogP contribution < -0.4 is 0 Å². The van der Waals surface area contributed by atoms with Crippen LogP contribution in [0.25, 0.3) is 10.1 Å². The van der Waals surface area contributed by atoms with E-state index in [9.17, 15) is 0 Å². The molecule has 0 aliphatic carbocycles. The van der Waals surface area contributed by atoms with Gasteiger partial charge in [-0.1, -0.05) is 56.3 Å². The molecule has 0 nitrogen and oxygen atoms in total. The molecule has 0 saturated carbocycles. The molecule has 0 atom stereocenters. The smallest absolute Gasteiger partial charge is 0.0493 e. The fourth-order valence-electron chi connectivity index (χ4n) is 2.33. The predicted molar refractivity (Wildman–Crippen MR) is 84.0 cm³/mol. The Labute approximate surface area is 118 Å². The van der Waals surface area contributed by atoms with Crippen molar-refractivity contribution in [2.45, 2.75) is 26.2 Å². The highest BCUT2D eigenvalue weighted by atomic mass is 32.1. The minimum Gasteiger partial charge on any atom is -0.134 e. The molecule has 0 saturated heterocycles. The Morgan fingerprint density at radius 1 is 1.00 bits per heavy atom. The van der Waals surface area contributed by atoms with Crippen LogP contribution in [0.4, 0.5) is 0 Å². The van der Waals surface area contributed by atoms with E-state index in [1.165, 1.54) is 26.8 Å². The van der Waals surface area contributed by atoms with Gasteiger partial charge < -0.3 is 0 Å². The number of hydrogen-bond acceptors (Lipinski definition) is 1. The zero-order valence-corrected chi connectivity index (χ0v) is 12.1. The molecule has 1 heteroatoms. The summed E-state index contributed by atoms with van der Waals surface area (Å²) in [5, 5.41) is 4.79. The molecule has 0 aliphatic heterocycles. The molecule has 1 heterocycles. The molecule has 0 N–H and O–H groups in total. The molecule has 0 bridgehead atoms. The Morgan fingerprint density at radius 3 is 2.47 bits per heavy atom. The zero-order chi connectivity index (χ0) is 13.2. The molecule has 0 aliphatic rings. The van der Waals surface area contributed by atoms with Crippen LogP contribution in [0.2, 0.25) is 0 Å². The molecule has 0 unspecified atom stereocenters. The highest BCUT2D eigenvalue weighted by molar-refractivity contribution is 7.16. The lowest BCUT2D eigenvalue weighted by molar-refractivity contribution is 0.865. The molecule has 0 fully saturated rings. The van der Waals surface area contributed by atoms with Crippen molar-refractivity contribution in [1.82, 2.24) is 0 Å². The van der Waals surface area contributed by atoms with Gasteiger partial charge in [-0.15, -0.1) is 11.3 Å². The van der Waals surface area contributed by atoms with E-state index in [2.05, 4.69) is 67.8 Å². The van der Waals surface area contributed by atoms with E-state index in [1.807, 2.05) is 0 Å². The first-order valence-corrected chi connectivity index (χ1v) is 7.52. The second kappa shape index (κ2) is 5.18. The maximum Gasteiger partial charge on any atom is 0.0493 e. The average Bonchev–Trinajstić information content (AvgIpc) is 2.83. The van der Waals surface area contributed by atoms with Gasteiger partial charge in [-0.3, -0.25) is 0 Å². The highest BCUT2D eigenvalue weighted by Gasteiger charge is 2.05. The van der Waals surface area contributed by atoms with E-state index in [-0.39, 0.29) is 0 Å². The van der Waals surface area contributed by atoms with Crippen molar-refractivity contribution in [2.75, 3.05) is 0 Å². The number of rotatable bonds is 3. The summed E-state index contributed by atoms with van der Waals surface area (Å²) in [4.78, 5) is 0. The first-order chi connectivity index (χ1) is 9.24. The van der Waals surface area contributed by atoms with Gasteiger partial charge in [0, 0.05) is 10.1 Å². The Hall–Kier alpha value is -1.60. The zero-order valence-electron chi connectivity index (χ0n) is 11.3. The molecule has 3 rings (SSSR count). The third-order valence-corrected chi connectivity index (χ3v) is 4.45. The molecule has 1 radical (unpaired) electrons. The Morgan fingerprint density at radius 2 is 1.74 bits per heavy atom. The summed E-state index contributed by atoms with van der Waals surface area (Å²) in [7, 11) is 0. The number of hydrogen-bond donors (Lipinski definition) is 0.